The molecule has 1 rings (SSSR count). The highest BCUT2D eigenvalue weighted by Gasteiger charge is 2.28. The Morgan fingerprint density at radius 3 is 2.21 bits per heavy atom. The highest BCUT2D eigenvalue weighted by molar-refractivity contribution is 4.89. The lowest BCUT2D eigenvalue weighted by molar-refractivity contribution is 0.201. The normalized spacial score (nSPS) is 36.6. The van der Waals surface area contributed by atoms with Crippen LogP contribution in [0.15, 0.2) is 0 Å². The van der Waals surface area contributed by atoms with E-state index in [-0.39, 0.29) is 0 Å². The van der Waals surface area contributed by atoms with E-state index in [1.54, 1.807) is 0 Å². The van der Waals surface area contributed by atoms with Crippen LogP contribution in [0.25, 0.3) is 0 Å². The largest absolute Gasteiger partial charge is 0.0620 e. The summed E-state index contributed by atoms with van der Waals surface area (Å²) in [7, 11) is 0. The predicted octanol–water partition coefficient (Wildman–Crippen LogP) is 4.99. The SMILES string of the molecule is C[CH]C1(C)CCCCCCCCC1C. The zero-order chi connectivity index (χ0) is 10.4. The Kier molecular flexibility index (Phi) is 4.98. The van der Waals surface area contributed by atoms with Gasteiger partial charge in [0, 0.05) is 0 Å². The Morgan fingerprint density at radius 1 is 1.00 bits per heavy atom. The molecule has 0 aromatic heterocycles. The Bertz CT molecular complexity index is 150. The van der Waals surface area contributed by atoms with E-state index in [0.29, 0.717) is 5.41 Å². The fourth-order valence-electron chi connectivity index (χ4n) is 2.67. The molecule has 83 valence electrons. The predicted molar refractivity (Wildman–Crippen MR) is 64.2 cm³/mol. The minimum Gasteiger partial charge on any atom is -0.0620 e. The molecule has 14 heavy (non-hydrogen) atoms. The molecule has 0 N–H and O–H groups in total. The zero-order valence-electron chi connectivity index (χ0n) is 10.3. The van der Waals surface area contributed by atoms with Crippen LogP contribution < -0.4 is 0 Å². The fourth-order valence-corrected chi connectivity index (χ4v) is 2.67. The third-order valence-electron chi connectivity index (χ3n) is 4.39. The van der Waals surface area contributed by atoms with Gasteiger partial charge >= 0.3 is 0 Å². The third kappa shape index (κ3) is 3.29. The van der Waals surface area contributed by atoms with Crippen LogP contribution in [0.4, 0.5) is 0 Å². The van der Waals surface area contributed by atoms with Crippen molar-refractivity contribution >= 4 is 0 Å². The van der Waals surface area contributed by atoms with Crippen LogP contribution in [-0.2, 0) is 0 Å². The van der Waals surface area contributed by atoms with Crippen LogP contribution in [-0.4, -0.2) is 0 Å². The van der Waals surface area contributed by atoms with Crippen molar-refractivity contribution in [3.63, 3.8) is 0 Å². The van der Waals surface area contributed by atoms with Crippen LogP contribution in [0.1, 0.15) is 72.1 Å². The summed E-state index contributed by atoms with van der Waals surface area (Å²) in [6.45, 7) is 7.16. The van der Waals surface area contributed by atoms with Gasteiger partial charge in [0.2, 0.25) is 0 Å². The molecule has 1 radical (unpaired) electrons. The summed E-state index contributed by atoms with van der Waals surface area (Å²) in [6, 6.07) is 0. The van der Waals surface area contributed by atoms with Crippen molar-refractivity contribution in [2.75, 3.05) is 0 Å². The van der Waals surface area contributed by atoms with Crippen LogP contribution in [0.5, 0.6) is 0 Å². The van der Waals surface area contributed by atoms with Gasteiger partial charge in [0.25, 0.3) is 0 Å². The molecule has 2 unspecified atom stereocenters. The van der Waals surface area contributed by atoms with Gasteiger partial charge in [-0.2, -0.15) is 0 Å². The maximum atomic E-state index is 2.46. The molecule has 0 heterocycles. The number of hydrogen-bond acceptors (Lipinski definition) is 0. The molecule has 0 aromatic carbocycles. The minimum atomic E-state index is 0.511. The van der Waals surface area contributed by atoms with Crippen molar-refractivity contribution in [2.24, 2.45) is 11.3 Å². The summed E-state index contributed by atoms with van der Waals surface area (Å²) in [6.07, 6.45) is 14.0. The highest BCUT2D eigenvalue weighted by atomic mass is 14.3. The van der Waals surface area contributed by atoms with E-state index < -0.39 is 0 Å². The minimum absolute atomic E-state index is 0.511. The molecule has 1 aliphatic rings. The fraction of sp³-hybridized carbons (Fsp3) is 0.929. The van der Waals surface area contributed by atoms with Gasteiger partial charge in [-0.15, -0.1) is 0 Å². The average molecular weight is 195 g/mol. The average Bonchev–Trinajstić information content (AvgIpc) is 2.20. The van der Waals surface area contributed by atoms with E-state index in [4.69, 9.17) is 0 Å². The molecule has 0 heteroatoms. The van der Waals surface area contributed by atoms with Gasteiger partial charge in [-0.05, 0) is 24.2 Å². The smallest absolute Gasteiger partial charge is 0.0272 e. The van der Waals surface area contributed by atoms with E-state index in [0.717, 1.165) is 5.92 Å². The number of rotatable bonds is 1. The van der Waals surface area contributed by atoms with Gasteiger partial charge in [-0.25, -0.2) is 0 Å². The molecule has 1 fully saturated rings. The molecular formula is C14H27. The molecule has 2 atom stereocenters. The van der Waals surface area contributed by atoms with E-state index in [2.05, 4.69) is 27.2 Å². The molecule has 0 aromatic rings. The van der Waals surface area contributed by atoms with Crippen molar-refractivity contribution in [1.82, 2.24) is 0 Å². The Hall–Kier alpha value is 0. The monoisotopic (exact) mass is 195 g/mol. The lowest BCUT2D eigenvalue weighted by Crippen LogP contribution is -2.25. The van der Waals surface area contributed by atoms with Gasteiger partial charge < -0.3 is 0 Å². The quantitative estimate of drug-likeness (QED) is 0.553. The molecule has 1 aliphatic carbocycles. The standard InChI is InChI=1S/C14H27/c1-4-14(3)12-10-8-6-5-7-9-11-13(14)2/h4,13H,5-12H2,1-3H3. The van der Waals surface area contributed by atoms with Crippen LogP contribution >= 0.6 is 0 Å². The van der Waals surface area contributed by atoms with E-state index >= 15 is 0 Å². The lowest BCUT2D eigenvalue weighted by Gasteiger charge is -2.35. The first-order valence-electron chi connectivity index (χ1n) is 6.49. The first-order chi connectivity index (χ1) is 6.69. The Balaban J connectivity index is 2.51. The van der Waals surface area contributed by atoms with E-state index in [1.807, 2.05) is 0 Å². The van der Waals surface area contributed by atoms with Crippen molar-refractivity contribution in [2.45, 2.75) is 72.1 Å². The second-order valence-electron chi connectivity index (χ2n) is 5.36. The Morgan fingerprint density at radius 2 is 1.57 bits per heavy atom. The molecule has 0 spiro atoms. The van der Waals surface area contributed by atoms with Crippen molar-refractivity contribution in [3.05, 3.63) is 6.42 Å². The van der Waals surface area contributed by atoms with Crippen molar-refractivity contribution in [3.8, 4) is 0 Å². The van der Waals surface area contributed by atoms with Crippen LogP contribution in [0, 0.1) is 17.8 Å². The molecule has 0 aliphatic heterocycles. The maximum absolute atomic E-state index is 2.46. The third-order valence-corrected chi connectivity index (χ3v) is 4.39. The second kappa shape index (κ2) is 5.78. The van der Waals surface area contributed by atoms with Crippen molar-refractivity contribution in [1.29, 1.82) is 0 Å². The van der Waals surface area contributed by atoms with Gasteiger partial charge in [0.05, 0.1) is 0 Å². The topological polar surface area (TPSA) is 0 Å². The molecule has 0 saturated heterocycles. The zero-order valence-corrected chi connectivity index (χ0v) is 10.3. The first-order valence-corrected chi connectivity index (χ1v) is 6.49. The molecule has 1 saturated carbocycles. The summed E-state index contributed by atoms with van der Waals surface area (Å²) in [5.74, 6) is 0.880. The summed E-state index contributed by atoms with van der Waals surface area (Å²) < 4.78 is 0. The molecule has 0 bridgehead atoms. The van der Waals surface area contributed by atoms with Gasteiger partial charge in [-0.1, -0.05) is 65.7 Å². The maximum Gasteiger partial charge on any atom is -0.0272 e. The molecule has 0 nitrogen and oxygen atoms in total. The van der Waals surface area contributed by atoms with E-state index in [9.17, 15) is 0 Å². The van der Waals surface area contributed by atoms with Gasteiger partial charge in [-0.3, -0.25) is 0 Å². The first kappa shape index (κ1) is 12.1. The van der Waals surface area contributed by atoms with E-state index in [1.165, 1.54) is 51.4 Å². The summed E-state index contributed by atoms with van der Waals surface area (Å²) in [4.78, 5) is 0. The summed E-state index contributed by atoms with van der Waals surface area (Å²) in [5.41, 5.74) is 0.511. The number of hydrogen-bond donors (Lipinski definition) is 0. The van der Waals surface area contributed by atoms with Crippen LogP contribution in [0.2, 0.25) is 0 Å². The summed E-state index contributed by atoms with van der Waals surface area (Å²) in [5, 5.41) is 0. The lowest BCUT2D eigenvalue weighted by atomic mass is 9.70. The molecule has 0 amide bonds. The van der Waals surface area contributed by atoms with Gasteiger partial charge in [0.1, 0.15) is 0 Å². The van der Waals surface area contributed by atoms with Gasteiger partial charge in [0.15, 0.2) is 0 Å². The second-order valence-corrected chi connectivity index (χ2v) is 5.36. The summed E-state index contributed by atoms with van der Waals surface area (Å²) >= 11 is 0. The van der Waals surface area contributed by atoms with Crippen molar-refractivity contribution < 1.29 is 0 Å². The Labute approximate surface area is 90.5 Å². The van der Waals surface area contributed by atoms with Crippen LogP contribution in [0.3, 0.4) is 0 Å². The molecular weight excluding hydrogens is 168 g/mol. The highest BCUT2D eigenvalue weighted by Crippen LogP contribution is 2.39.